The molecule has 0 aliphatic carbocycles. The number of carbonyl (C=O) groups is 2. The molecule has 0 aromatic heterocycles. The van der Waals surface area contributed by atoms with Gasteiger partial charge in [0, 0.05) is 6.54 Å². The van der Waals surface area contributed by atoms with Crippen molar-refractivity contribution in [3.63, 3.8) is 0 Å². The van der Waals surface area contributed by atoms with Crippen molar-refractivity contribution in [3.8, 4) is 11.5 Å². The molecule has 0 fully saturated rings. The standard InChI is InChI=1S/C22H28N2O5/c1-4-5-14-29-21(25)17-8-6-7-9-18(17)24-22(26)23-13-12-16-10-11-19(27-2)20(15-16)28-3/h6-11,15H,4-5,12-14H2,1-3H3,(H2,23,24,26). The van der Waals surface area contributed by atoms with E-state index in [2.05, 4.69) is 10.6 Å². The SMILES string of the molecule is CCCCOC(=O)c1ccccc1NC(=O)NCCc1ccc(OC)c(OC)c1. The molecule has 0 aliphatic rings. The van der Waals surface area contributed by atoms with Crippen LogP contribution in [0.3, 0.4) is 0 Å². The Bertz CT molecular complexity index is 823. The summed E-state index contributed by atoms with van der Waals surface area (Å²) in [5.74, 6) is 0.856. The summed E-state index contributed by atoms with van der Waals surface area (Å²) in [5, 5.41) is 5.50. The molecule has 0 saturated carbocycles. The molecule has 2 aromatic rings. The van der Waals surface area contributed by atoms with Crippen molar-refractivity contribution >= 4 is 17.7 Å². The summed E-state index contributed by atoms with van der Waals surface area (Å²) in [6.45, 7) is 2.81. The Morgan fingerprint density at radius 3 is 2.48 bits per heavy atom. The van der Waals surface area contributed by atoms with Crippen molar-refractivity contribution < 1.29 is 23.8 Å². The number of methoxy groups -OCH3 is 2. The summed E-state index contributed by atoms with van der Waals surface area (Å²) in [6, 6.07) is 12.0. The van der Waals surface area contributed by atoms with E-state index >= 15 is 0 Å². The van der Waals surface area contributed by atoms with Crippen LogP contribution in [-0.2, 0) is 11.2 Å². The topological polar surface area (TPSA) is 85.9 Å². The number of esters is 1. The average Bonchev–Trinajstić information content (AvgIpc) is 2.74. The lowest BCUT2D eigenvalue weighted by molar-refractivity contribution is 0.0501. The second kappa shape index (κ2) is 11.6. The number of ether oxygens (including phenoxy) is 3. The number of hydrogen-bond donors (Lipinski definition) is 2. The predicted molar refractivity (Wildman–Crippen MR) is 112 cm³/mol. The lowest BCUT2D eigenvalue weighted by Crippen LogP contribution is -2.31. The summed E-state index contributed by atoms with van der Waals surface area (Å²) in [7, 11) is 3.17. The second-order valence-electron chi connectivity index (χ2n) is 6.36. The van der Waals surface area contributed by atoms with Crippen molar-refractivity contribution in [1.29, 1.82) is 0 Å². The smallest absolute Gasteiger partial charge is 0.340 e. The number of benzene rings is 2. The van der Waals surface area contributed by atoms with Crippen molar-refractivity contribution in [2.75, 3.05) is 32.7 Å². The van der Waals surface area contributed by atoms with E-state index in [1.54, 1.807) is 38.5 Å². The molecule has 2 aromatic carbocycles. The number of anilines is 1. The van der Waals surface area contributed by atoms with Crippen molar-refractivity contribution in [2.24, 2.45) is 0 Å². The third-order valence-corrected chi connectivity index (χ3v) is 4.27. The zero-order valence-electron chi connectivity index (χ0n) is 17.1. The maximum atomic E-state index is 12.2. The zero-order valence-corrected chi connectivity index (χ0v) is 17.1. The molecule has 7 heteroatoms. The molecule has 0 spiro atoms. The van der Waals surface area contributed by atoms with Gasteiger partial charge in [0.25, 0.3) is 0 Å². The van der Waals surface area contributed by atoms with Gasteiger partial charge in [-0.15, -0.1) is 0 Å². The lowest BCUT2D eigenvalue weighted by Gasteiger charge is -2.12. The first-order chi connectivity index (χ1) is 14.1. The van der Waals surface area contributed by atoms with E-state index in [0.29, 0.717) is 42.3 Å². The number of carbonyl (C=O) groups excluding carboxylic acids is 2. The summed E-state index contributed by atoms with van der Waals surface area (Å²) >= 11 is 0. The fourth-order valence-electron chi connectivity index (χ4n) is 2.68. The highest BCUT2D eigenvalue weighted by molar-refractivity contribution is 6.00. The fraction of sp³-hybridized carbons (Fsp3) is 0.364. The van der Waals surface area contributed by atoms with Gasteiger partial charge in [-0.25, -0.2) is 9.59 Å². The van der Waals surface area contributed by atoms with Crippen LogP contribution in [0.1, 0.15) is 35.7 Å². The molecule has 0 atom stereocenters. The third kappa shape index (κ3) is 6.71. The maximum absolute atomic E-state index is 12.2. The first-order valence-electron chi connectivity index (χ1n) is 9.61. The molecule has 2 amide bonds. The second-order valence-corrected chi connectivity index (χ2v) is 6.36. The normalized spacial score (nSPS) is 10.2. The van der Waals surface area contributed by atoms with Gasteiger partial charge < -0.3 is 24.8 Å². The van der Waals surface area contributed by atoms with E-state index in [0.717, 1.165) is 18.4 Å². The first-order valence-corrected chi connectivity index (χ1v) is 9.61. The van der Waals surface area contributed by atoms with Crippen molar-refractivity contribution in [3.05, 3.63) is 53.6 Å². The van der Waals surface area contributed by atoms with Crippen LogP contribution in [0.15, 0.2) is 42.5 Å². The minimum atomic E-state index is -0.445. The summed E-state index contributed by atoms with van der Waals surface area (Å²) in [6.07, 6.45) is 2.36. The summed E-state index contributed by atoms with van der Waals surface area (Å²) < 4.78 is 15.7. The number of nitrogens with one attached hydrogen (secondary N) is 2. The molecule has 0 heterocycles. The highest BCUT2D eigenvalue weighted by atomic mass is 16.5. The van der Waals surface area contributed by atoms with E-state index in [1.165, 1.54) is 0 Å². The molecule has 7 nitrogen and oxygen atoms in total. The number of hydrogen-bond acceptors (Lipinski definition) is 5. The first kappa shape index (κ1) is 22.1. The minimum Gasteiger partial charge on any atom is -0.493 e. The summed E-state index contributed by atoms with van der Waals surface area (Å²) in [4.78, 5) is 24.5. The Kier molecular flexibility index (Phi) is 8.82. The Morgan fingerprint density at radius 1 is 1.00 bits per heavy atom. The van der Waals surface area contributed by atoms with Crippen LogP contribution in [0.25, 0.3) is 0 Å². The molecule has 2 rings (SSSR count). The fourth-order valence-corrected chi connectivity index (χ4v) is 2.68. The number of urea groups is 1. The van der Waals surface area contributed by atoms with Gasteiger partial charge in [0.1, 0.15) is 0 Å². The lowest BCUT2D eigenvalue weighted by atomic mass is 10.1. The number of para-hydroxylation sites is 1. The van der Waals surface area contributed by atoms with Gasteiger partial charge in [-0.05, 0) is 42.7 Å². The van der Waals surface area contributed by atoms with Crippen LogP contribution in [0.2, 0.25) is 0 Å². The highest BCUT2D eigenvalue weighted by Gasteiger charge is 2.14. The van der Waals surface area contributed by atoms with E-state index in [-0.39, 0.29) is 6.03 Å². The quantitative estimate of drug-likeness (QED) is 0.465. The van der Waals surface area contributed by atoms with E-state index in [9.17, 15) is 9.59 Å². The molecular weight excluding hydrogens is 372 g/mol. The van der Waals surface area contributed by atoms with Gasteiger partial charge in [0.2, 0.25) is 0 Å². The minimum absolute atomic E-state index is 0.332. The molecule has 156 valence electrons. The Hall–Kier alpha value is -3.22. The van der Waals surface area contributed by atoms with E-state index in [4.69, 9.17) is 14.2 Å². The molecular formula is C22H28N2O5. The number of rotatable bonds is 10. The molecule has 2 N–H and O–H groups in total. The molecule has 0 bridgehead atoms. The molecule has 0 saturated heterocycles. The van der Waals surface area contributed by atoms with Gasteiger partial charge in [-0.2, -0.15) is 0 Å². The predicted octanol–water partition coefficient (Wildman–Crippen LogP) is 4.02. The Morgan fingerprint density at radius 2 is 1.76 bits per heavy atom. The molecule has 0 radical (unpaired) electrons. The largest absolute Gasteiger partial charge is 0.493 e. The third-order valence-electron chi connectivity index (χ3n) is 4.27. The van der Waals surface area contributed by atoms with Gasteiger partial charge in [-0.3, -0.25) is 0 Å². The van der Waals surface area contributed by atoms with Crippen molar-refractivity contribution in [2.45, 2.75) is 26.2 Å². The maximum Gasteiger partial charge on any atom is 0.340 e. The monoisotopic (exact) mass is 400 g/mol. The highest BCUT2D eigenvalue weighted by Crippen LogP contribution is 2.27. The molecule has 0 unspecified atom stereocenters. The van der Waals surface area contributed by atoms with Gasteiger partial charge in [0.05, 0.1) is 32.1 Å². The van der Waals surface area contributed by atoms with E-state index < -0.39 is 5.97 Å². The van der Waals surface area contributed by atoms with Gasteiger partial charge >= 0.3 is 12.0 Å². The van der Waals surface area contributed by atoms with Gasteiger partial charge in [-0.1, -0.05) is 31.5 Å². The van der Waals surface area contributed by atoms with Gasteiger partial charge in [0.15, 0.2) is 11.5 Å². The molecule has 0 aliphatic heterocycles. The number of unbranched alkanes of at least 4 members (excludes halogenated alkanes) is 1. The Balaban J connectivity index is 1.89. The zero-order chi connectivity index (χ0) is 21.1. The van der Waals surface area contributed by atoms with Crippen molar-refractivity contribution in [1.82, 2.24) is 5.32 Å². The van der Waals surface area contributed by atoms with Crippen LogP contribution < -0.4 is 20.1 Å². The Labute approximate surface area is 171 Å². The van der Waals surface area contributed by atoms with E-state index in [1.807, 2.05) is 25.1 Å². The summed E-state index contributed by atoms with van der Waals surface area (Å²) in [5.41, 5.74) is 1.75. The van der Waals surface area contributed by atoms with Crippen LogP contribution in [0, 0.1) is 0 Å². The van der Waals surface area contributed by atoms with Crippen LogP contribution in [-0.4, -0.2) is 39.4 Å². The number of amides is 2. The van der Waals surface area contributed by atoms with Crippen LogP contribution >= 0.6 is 0 Å². The average molecular weight is 400 g/mol. The van der Waals surface area contributed by atoms with Crippen LogP contribution in [0.4, 0.5) is 10.5 Å². The van der Waals surface area contributed by atoms with Crippen LogP contribution in [0.5, 0.6) is 11.5 Å². The molecule has 29 heavy (non-hydrogen) atoms.